The smallest absolute Gasteiger partial charge is 0.194 e. The third-order valence-electron chi connectivity index (χ3n) is 4.40. The summed E-state index contributed by atoms with van der Waals surface area (Å²) < 4.78 is 5.21. The molecule has 1 heterocycles. The summed E-state index contributed by atoms with van der Waals surface area (Å²) in [6, 6.07) is 8.78. The molecule has 0 amide bonds. The molecule has 0 radical (unpaired) electrons. The molecule has 0 aromatic heterocycles. The van der Waals surface area contributed by atoms with Gasteiger partial charge in [0, 0.05) is 26.2 Å². The predicted octanol–water partition coefficient (Wildman–Crippen LogP) is 2.80. The van der Waals surface area contributed by atoms with E-state index in [9.17, 15) is 0 Å². The van der Waals surface area contributed by atoms with Gasteiger partial charge < -0.3 is 19.9 Å². The summed E-state index contributed by atoms with van der Waals surface area (Å²) in [5, 5.41) is 3.40. The van der Waals surface area contributed by atoms with Crippen molar-refractivity contribution >= 4 is 29.9 Å². The molecule has 1 aliphatic heterocycles. The molecule has 1 aromatic rings. The first-order valence-corrected chi connectivity index (χ1v) is 8.46. The Balaban J connectivity index is 0.00000288. The van der Waals surface area contributed by atoms with Crippen LogP contribution in [0.15, 0.2) is 29.3 Å². The monoisotopic (exact) mass is 446 g/mol. The fourth-order valence-corrected chi connectivity index (χ4v) is 2.95. The summed E-state index contributed by atoms with van der Waals surface area (Å²) in [5.41, 5.74) is 1.25. The van der Waals surface area contributed by atoms with E-state index in [4.69, 9.17) is 9.73 Å². The molecule has 0 saturated carbocycles. The molecule has 1 aromatic carbocycles. The Bertz CT molecular complexity index is 506. The van der Waals surface area contributed by atoms with Crippen molar-refractivity contribution < 1.29 is 4.74 Å². The van der Waals surface area contributed by atoms with Crippen LogP contribution in [0.1, 0.15) is 25.3 Å². The second-order valence-corrected chi connectivity index (χ2v) is 6.18. The van der Waals surface area contributed by atoms with E-state index in [0.717, 1.165) is 31.3 Å². The highest BCUT2D eigenvalue weighted by molar-refractivity contribution is 14.0. The van der Waals surface area contributed by atoms with Crippen LogP contribution in [-0.2, 0) is 6.54 Å². The van der Waals surface area contributed by atoms with Gasteiger partial charge in [0.25, 0.3) is 0 Å². The van der Waals surface area contributed by atoms with Gasteiger partial charge in [-0.3, -0.25) is 4.99 Å². The molecule has 1 N–H and O–H groups in total. The molecule has 24 heavy (non-hydrogen) atoms. The average Bonchev–Trinajstić information content (AvgIpc) is 2.97. The van der Waals surface area contributed by atoms with Gasteiger partial charge in [-0.15, -0.1) is 24.0 Å². The maximum absolute atomic E-state index is 5.21. The number of methoxy groups -OCH3 is 1. The molecule has 5 nitrogen and oxygen atoms in total. The van der Waals surface area contributed by atoms with Crippen molar-refractivity contribution in [1.29, 1.82) is 0 Å². The summed E-state index contributed by atoms with van der Waals surface area (Å²) >= 11 is 0. The lowest BCUT2D eigenvalue weighted by molar-refractivity contribution is 0.316. The van der Waals surface area contributed by atoms with Crippen LogP contribution in [-0.4, -0.2) is 62.6 Å². The Morgan fingerprint density at radius 3 is 2.62 bits per heavy atom. The van der Waals surface area contributed by atoms with E-state index in [2.05, 4.69) is 48.3 Å². The lowest BCUT2D eigenvalue weighted by atomic mass is 10.2. The Kier molecular flexibility index (Phi) is 9.43. The van der Waals surface area contributed by atoms with Gasteiger partial charge in [0.2, 0.25) is 0 Å². The number of nitrogens with zero attached hydrogens (tertiary/aromatic N) is 3. The quantitative estimate of drug-likeness (QED) is 0.415. The molecule has 1 saturated heterocycles. The second kappa shape index (κ2) is 10.8. The van der Waals surface area contributed by atoms with Crippen LogP contribution in [0.4, 0.5) is 0 Å². The fourth-order valence-electron chi connectivity index (χ4n) is 2.95. The minimum atomic E-state index is 0. The van der Waals surface area contributed by atoms with Crippen LogP contribution < -0.4 is 10.1 Å². The van der Waals surface area contributed by atoms with Crippen molar-refractivity contribution in [1.82, 2.24) is 15.1 Å². The van der Waals surface area contributed by atoms with Crippen molar-refractivity contribution in [2.24, 2.45) is 4.99 Å². The molecule has 136 valence electrons. The minimum Gasteiger partial charge on any atom is -0.497 e. The van der Waals surface area contributed by atoms with Crippen LogP contribution in [0.2, 0.25) is 0 Å². The van der Waals surface area contributed by atoms with Crippen molar-refractivity contribution in [2.75, 3.05) is 40.8 Å². The van der Waals surface area contributed by atoms with Gasteiger partial charge in [-0.05, 0) is 51.1 Å². The number of hydrogen-bond acceptors (Lipinski definition) is 3. The Hall–Kier alpha value is -1.02. The molecule has 0 aliphatic carbocycles. The molecule has 2 rings (SSSR count). The molecule has 1 aliphatic rings. The number of likely N-dealkylation sites (tertiary alicyclic amines) is 1. The Labute approximate surface area is 163 Å². The largest absolute Gasteiger partial charge is 0.497 e. The van der Waals surface area contributed by atoms with Crippen molar-refractivity contribution in [3.63, 3.8) is 0 Å². The van der Waals surface area contributed by atoms with Crippen LogP contribution in [0.5, 0.6) is 5.75 Å². The van der Waals surface area contributed by atoms with Crippen LogP contribution in [0, 0.1) is 0 Å². The summed E-state index contributed by atoms with van der Waals surface area (Å²) in [4.78, 5) is 9.43. The minimum absolute atomic E-state index is 0. The zero-order valence-electron chi connectivity index (χ0n) is 15.3. The molecule has 1 atom stereocenters. The SMILES string of the molecule is CCNC(=NCC1CCCN1C)N(C)Cc1ccc(OC)cc1.I. The first kappa shape index (κ1) is 21.0. The molecular formula is C18H31IN4O. The van der Waals surface area contributed by atoms with E-state index in [1.165, 1.54) is 24.9 Å². The molecule has 6 heteroatoms. The topological polar surface area (TPSA) is 40.1 Å². The van der Waals surface area contributed by atoms with Crippen molar-refractivity contribution in [2.45, 2.75) is 32.4 Å². The molecule has 1 unspecified atom stereocenters. The number of benzene rings is 1. The van der Waals surface area contributed by atoms with Gasteiger partial charge in [0.05, 0.1) is 13.7 Å². The zero-order valence-corrected chi connectivity index (χ0v) is 17.6. The average molecular weight is 446 g/mol. The molecular weight excluding hydrogens is 415 g/mol. The molecule has 0 spiro atoms. The third-order valence-corrected chi connectivity index (χ3v) is 4.40. The van der Waals surface area contributed by atoms with Crippen LogP contribution in [0.3, 0.4) is 0 Å². The molecule has 0 bridgehead atoms. The number of guanidine groups is 1. The highest BCUT2D eigenvalue weighted by atomic mass is 127. The Morgan fingerprint density at radius 2 is 2.08 bits per heavy atom. The number of aliphatic imine (C=N–C) groups is 1. The lowest BCUT2D eigenvalue weighted by Gasteiger charge is -2.24. The third kappa shape index (κ3) is 6.12. The number of rotatable bonds is 6. The first-order valence-electron chi connectivity index (χ1n) is 8.46. The highest BCUT2D eigenvalue weighted by Crippen LogP contribution is 2.15. The second-order valence-electron chi connectivity index (χ2n) is 6.18. The number of hydrogen-bond donors (Lipinski definition) is 1. The predicted molar refractivity (Wildman–Crippen MR) is 112 cm³/mol. The van der Waals surface area contributed by atoms with Gasteiger partial charge in [-0.1, -0.05) is 12.1 Å². The Morgan fingerprint density at radius 1 is 1.38 bits per heavy atom. The molecule has 1 fully saturated rings. The van der Waals surface area contributed by atoms with Gasteiger partial charge in [-0.25, -0.2) is 0 Å². The summed E-state index contributed by atoms with van der Waals surface area (Å²) in [7, 11) is 5.97. The maximum atomic E-state index is 5.21. The van der Waals surface area contributed by atoms with E-state index in [1.54, 1.807) is 7.11 Å². The lowest BCUT2D eigenvalue weighted by Crippen LogP contribution is -2.39. The van der Waals surface area contributed by atoms with E-state index in [0.29, 0.717) is 6.04 Å². The van der Waals surface area contributed by atoms with Gasteiger partial charge >= 0.3 is 0 Å². The van der Waals surface area contributed by atoms with Crippen LogP contribution in [0.25, 0.3) is 0 Å². The zero-order chi connectivity index (χ0) is 16.7. The van der Waals surface area contributed by atoms with Gasteiger partial charge in [0.15, 0.2) is 5.96 Å². The van der Waals surface area contributed by atoms with Crippen LogP contribution >= 0.6 is 24.0 Å². The maximum Gasteiger partial charge on any atom is 0.194 e. The standard InChI is InChI=1S/C18H30N4O.HI/c1-5-19-18(20-13-16-7-6-12-21(16)2)22(3)14-15-8-10-17(23-4)11-9-15;/h8-11,16H,5-7,12-14H2,1-4H3,(H,19,20);1H. The number of nitrogens with one attached hydrogen (secondary N) is 1. The number of halogens is 1. The van der Waals surface area contributed by atoms with E-state index < -0.39 is 0 Å². The van der Waals surface area contributed by atoms with E-state index >= 15 is 0 Å². The van der Waals surface area contributed by atoms with Gasteiger partial charge in [0.1, 0.15) is 5.75 Å². The van der Waals surface area contributed by atoms with E-state index in [1.807, 2.05) is 12.1 Å². The normalized spacial score (nSPS) is 18.2. The van der Waals surface area contributed by atoms with Crippen molar-refractivity contribution in [3.05, 3.63) is 29.8 Å². The van der Waals surface area contributed by atoms with E-state index in [-0.39, 0.29) is 24.0 Å². The van der Waals surface area contributed by atoms with Gasteiger partial charge in [-0.2, -0.15) is 0 Å². The van der Waals surface area contributed by atoms with Crippen molar-refractivity contribution in [3.8, 4) is 5.75 Å². The first-order chi connectivity index (χ1) is 11.1. The summed E-state index contributed by atoms with van der Waals surface area (Å²) in [6.45, 7) is 5.88. The summed E-state index contributed by atoms with van der Waals surface area (Å²) in [6.07, 6.45) is 2.54. The fraction of sp³-hybridized carbons (Fsp3) is 0.611. The number of likely N-dealkylation sites (N-methyl/N-ethyl adjacent to an activating group) is 1. The summed E-state index contributed by atoms with van der Waals surface area (Å²) in [5.74, 6) is 1.87. The highest BCUT2D eigenvalue weighted by Gasteiger charge is 2.20. The number of ether oxygens (including phenoxy) is 1.